The zero-order valence-corrected chi connectivity index (χ0v) is 9.15. The molecule has 80 valence electrons. The van der Waals surface area contributed by atoms with E-state index in [1.807, 2.05) is 18.2 Å². The number of carbonyl (C=O) groups is 1. The molecule has 1 atom stereocenters. The van der Waals surface area contributed by atoms with Crippen LogP contribution in [-0.4, -0.2) is 10.8 Å². The van der Waals surface area contributed by atoms with Crippen molar-refractivity contribution in [2.75, 3.05) is 0 Å². The molecule has 1 aromatic rings. The molecule has 1 unspecified atom stereocenters. The maximum atomic E-state index is 11.7. The third kappa shape index (κ3) is 2.25. The van der Waals surface area contributed by atoms with E-state index < -0.39 is 0 Å². The summed E-state index contributed by atoms with van der Waals surface area (Å²) in [4.78, 5) is 16.0. The Bertz CT molecular complexity index is 328. The summed E-state index contributed by atoms with van der Waals surface area (Å²) in [5.74, 6) is 0.826. The van der Waals surface area contributed by atoms with E-state index in [9.17, 15) is 4.79 Å². The number of pyridine rings is 1. The van der Waals surface area contributed by atoms with E-state index in [4.69, 9.17) is 0 Å². The topological polar surface area (TPSA) is 30.0 Å². The van der Waals surface area contributed by atoms with Gasteiger partial charge in [0, 0.05) is 6.20 Å². The molecule has 1 fully saturated rings. The minimum Gasteiger partial charge on any atom is -0.299 e. The van der Waals surface area contributed by atoms with Gasteiger partial charge in [0.1, 0.15) is 5.78 Å². The second-order valence-corrected chi connectivity index (χ2v) is 4.39. The van der Waals surface area contributed by atoms with Crippen LogP contribution in [0.25, 0.3) is 0 Å². The van der Waals surface area contributed by atoms with Gasteiger partial charge in [-0.25, -0.2) is 0 Å². The number of Topliss-reactive ketones (excluding diaryl/α,β-unsaturated/α-hetero) is 1. The molecule has 0 spiro atoms. The molecule has 2 heteroatoms. The molecule has 1 saturated carbocycles. The Morgan fingerprint density at radius 3 is 2.67 bits per heavy atom. The Morgan fingerprint density at radius 1 is 1.40 bits per heavy atom. The third-order valence-corrected chi connectivity index (χ3v) is 3.32. The van der Waals surface area contributed by atoms with Crippen molar-refractivity contribution < 1.29 is 4.79 Å². The van der Waals surface area contributed by atoms with Gasteiger partial charge in [-0.15, -0.1) is 0 Å². The second kappa shape index (κ2) is 4.56. The number of ketones is 1. The molecule has 15 heavy (non-hydrogen) atoms. The third-order valence-electron chi connectivity index (χ3n) is 3.32. The molecule has 0 bridgehead atoms. The molecule has 0 aliphatic heterocycles. The molecule has 2 rings (SSSR count). The van der Waals surface area contributed by atoms with Gasteiger partial charge < -0.3 is 0 Å². The van der Waals surface area contributed by atoms with Crippen LogP contribution < -0.4 is 0 Å². The van der Waals surface area contributed by atoms with Crippen molar-refractivity contribution in [2.24, 2.45) is 5.92 Å². The van der Waals surface area contributed by atoms with E-state index in [1.54, 1.807) is 13.1 Å². The van der Waals surface area contributed by atoms with E-state index in [1.165, 1.54) is 25.7 Å². The number of aromatic nitrogens is 1. The highest BCUT2D eigenvalue weighted by Crippen LogP contribution is 2.36. The molecule has 0 amide bonds. The first-order valence-electron chi connectivity index (χ1n) is 5.70. The molecule has 1 aliphatic rings. The monoisotopic (exact) mass is 203 g/mol. The van der Waals surface area contributed by atoms with Gasteiger partial charge in [0.25, 0.3) is 0 Å². The number of rotatable bonds is 3. The van der Waals surface area contributed by atoms with Crippen LogP contribution in [0.4, 0.5) is 0 Å². The van der Waals surface area contributed by atoms with E-state index in [0.29, 0.717) is 5.92 Å². The number of carbonyl (C=O) groups excluding carboxylic acids is 1. The molecule has 0 N–H and O–H groups in total. The summed E-state index contributed by atoms with van der Waals surface area (Å²) in [6.07, 6.45) is 6.67. The average Bonchev–Trinajstić information content (AvgIpc) is 2.72. The Hall–Kier alpha value is -1.18. The molecular formula is C13H17NO. The maximum Gasteiger partial charge on any atom is 0.139 e. The van der Waals surface area contributed by atoms with Crippen LogP contribution in [-0.2, 0) is 4.79 Å². The standard InChI is InChI=1S/C13H17NO/c1-10(15)13(11-6-2-3-7-11)12-8-4-5-9-14-12/h4-5,8-9,11,13H,2-3,6-7H2,1H3. The molecule has 0 saturated heterocycles. The minimum atomic E-state index is 0.0358. The summed E-state index contributed by atoms with van der Waals surface area (Å²) < 4.78 is 0. The van der Waals surface area contributed by atoms with E-state index in [2.05, 4.69) is 4.98 Å². The quantitative estimate of drug-likeness (QED) is 0.756. The van der Waals surface area contributed by atoms with Crippen molar-refractivity contribution in [3.8, 4) is 0 Å². The maximum absolute atomic E-state index is 11.7. The smallest absolute Gasteiger partial charge is 0.139 e. The van der Waals surface area contributed by atoms with Crippen LogP contribution in [0.5, 0.6) is 0 Å². The van der Waals surface area contributed by atoms with Crippen LogP contribution in [0.1, 0.15) is 44.2 Å². The van der Waals surface area contributed by atoms with Gasteiger partial charge in [-0.05, 0) is 37.8 Å². The lowest BCUT2D eigenvalue weighted by atomic mass is 9.85. The van der Waals surface area contributed by atoms with Crippen LogP contribution in [0.2, 0.25) is 0 Å². The van der Waals surface area contributed by atoms with Crippen molar-refractivity contribution >= 4 is 5.78 Å². The SMILES string of the molecule is CC(=O)C(c1ccccn1)C1CCCC1. The van der Waals surface area contributed by atoms with Crippen LogP contribution in [0, 0.1) is 5.92 Å². The fourth-order valence-electron chi connectivity index (χ4n) is 2.63. The zero-order valence-electron chi connectivity index (χ0n) is 9.15. The van der Waals surface area contributed by atoms with Crippen molar-refractivity contribution in [3.63, 3.8) is 0 Å². The molecule has 1 aromatic heterocycles. The molecule has 1 aliphatic carbocycles. The molecule has 1 heterocycles. The lowest BCUT2D eigenvalue weighted by Gasteiger charge is -2.19. The van der Waals surface area contributed by atoms with Crippen LogP contribution in [0.15, 0.2) is 24.4 Å². The Morgan fingerprint density at radius 2 is 2.13 bits per heavy atom. The van der Waals surface area contributed by atoms with E-state index >= 15 is 0 Å². The summed E-state index contributed by atoms with van der Waals surface area (Å²) in [6, 6.07) is 5.84. The molecule has 0 radical (unpaired) electrons. The van der Waals surface area contributed by atoms with Crippen LogP contribution in [0.3, 0.4) is 0 Å². The van der Waals surface area contributed by atoms with Gasteiger partial charge in [-0.2, -0.15) is 0 Å². The van der Waals surface area contributed by atoms with Crippen molar-refractivity contribution in [1.82, 2.24) is 4.98 Å². The van der Waals surface area contributed by atoms with Gasteiger partial charge in [0.15, 0.2) is 0 Å². The molecular weight excluding hydrogens is 186 g/mol. The Labute approximate surface area is 90.7 Å². The van der Waals surface area contributed by atoms with Crippen molar-refractivity contribution in [1.29, 1.82) is 0 Å². The van der Waals surface area contributed by atoms with Gasteiger partial charge in [0.2, 0.25) is 0 Å². The van der Waals surface area contributed by atoms with Gasteiger partial charge in [-0.1, -0.05) is 18.9 Å². The highest BCUT2D eigenvalue weighted by molar-refractivity contribution is 5.83. The lowest BCUT2D eigenvalue weighted by molar-refractivity contribution is -0.119. The Kier molecular flexibility index (Phi) is 3.14. The summed E-state index contributed by atoms with van der Waals surface area (Å²) >= 11 is 0. The van der Waals surface area contributed by atoms with Gasteiger partial charge in [-0.3, -0.25) is 9.78 Å². The highest BCUT2D eigenvalue weighted by atomic mass is 16.1. The fourth-order valence-corrected chi connectivity index (χ4v) is 2.63. The van der Waals surface area contributed by atoms with Crippen molar-refractivity contribution in [3.05, 3.63) is 30.1 Å². The van der Waals surface area contributed by atoms with Gasteiger partial charge >= 0.3 is 0 Å². The Balaban J connectivity index is 2.23. The summed E-state index contributed by atoms with van der Waals surface area (Å²) in [5, 5.41) is 0. The van der Waals surface area contributed by atoms with Gasteiger partial charge in [0.05, 0.1) is 11.6 Å². The van der Waals surface area contributed by atoms with Crippen molar-refractivity contribution in [2.45, 2.75) is 38.5 Å². The lowest BCUT2D eigenvalue weighted by Crippen LogP contribution is -2.18. The largest absolute Gasteiger partial charge is 0.299 e. The summed E-state index contributed by atoms with van der Waals surface area (Å²) in [6.45, 7) is 1.69. The predicted molar refractivity (Wildman–Crippen MR) is 59.6 cm³/mol. The first-order chi connectivity index (χ1) is 7.29. The second-order valence-electron chi connectivity index (χ2n) is 4.39. The number of hydrogen-bond acceptors (Lipinski definition) is 2. The normalized spacial score (nSPS) is 19.0. The molecule has 0 aromatic carbocycles. The zero-order chi connectivity index (χ0) is 10.7. The fraction of sp³-hybridized carbons (Fsp3) is 0.538. The average molecular weight is 203 g/mol. The first kappa shape index (κ1) is 10.3. The summed E-state index contributed by atoms with van der Waals surface area (Å²) in [5.41, 5.74) is 0.955. The highest BCUT2D eigenvalue weighted by Gasteiger charge is 2.30. The number of hydrogen-bond donors (Lipinski definition) is 0. The predicted octanol–water partition coefficient (Wildman–Crippen LogP) is 2.94. The van der Waals surface area contributed by atoms with Crippen LogP contribution >= 0.6 is 0 Å². The number of nitrogens with zero attached hydrogens (tertiary/aromatic N) is 1. The minimum absolute atomic E-state index is 0.0358. The van der Waals surface area contributed by atoms with E-state index in [0.717, 1.165) is 5.69 Å². The van der Waals surface area contributed by atoms with E-state index in [-0.39, 0.29) is 11.7 Å². The summed E-state index contributed by atoms with van der Waals surface area (Å²) in [7, 11) is 0. The molecule has 2 nitrogen and oxygen atoms in total. The first-order valence-corrected chi connectivity index (χ1v) is 5.70.